The first-order valence-corrected chi connectivity index (χ1v) is 11.6. The van der Waals surface area contributed by atoms with Crippen molar-refractivity contribution in [3.63, 3.8) is 0 Å². The number of fused-ring (bicyclic) bond motifs is 4. The van der Waals surface area contributed by atoms with Gasteiger partial charge in [0.05, 0.1) is 30.8 Å². The van der Waals surface area contributed by atoms with Crippen molar-refractivity contribution in [3.8, 4) is 11.5 Å². The van der Waals surface area contributed by atoms with E-state index in [1.54, 1.807) is 26.0 Å². The van der Waals surface area contributed by atoms with Crippen molar-refractivity contribution in [3.05, 3.63) is 35.4 Å². The van der Waals surface area contributed by atoms with Gasteiger partial charge in [-0.2, -0.15) is 0 Å². The van der Waals surface area contributed by atoms with Crippen molar-refractivity contribution in [2.24, 2.45) is 29.6 Å². The van der Waals surface area contributed by atoms with Crippen LogP contribution < -0.4 is 4.74 Å². The zero-order valence-corrected chi connectivity index (χ0v) is 19.0. The third-order valence-corrected chi connectivity index (χ3v) is 8.03. The van der Waals surface area contributed by atoms with E-state index in [4.69, 9.17) is 4.74 Å². The number of imide groups is 2. The summed E-state index contributed by atoms with van der Waals surface area (Å²) in [6.45, 7) is 4.15. The van der Waals surface area contributed by atoms with Gasteiger partial charge in [-0.05, 0) is 50.8 Å². The summed E-state index contributed by atoms with van der Waals surface area (Å²) in [5, 5.41) is 10.8. The zero-order valence-electron chi connectivity index (χ0n) is 19.0. The highest BCUT2D eigenvalue weighted by Gasteiger charge is 2.61. The average molecular weight is 453 g/mol. The molecule has 3 fully saturated rings. The van der Waals surface area contributed by atoms with Gasteiger partial charge in [0.1, 0.15) is 11.5 Å². The number of carbonyl (C=O) groups is 4. The third kappa shape index (κ3) is 2.89. The monoisotopic (exact) mass is 452 g/mol. The smallest absolute Gasteiger partial charge is 0.234 e. The number of phenolic OH excluding ortho intramolecular Hbond substituents is 1. The minimum atomic E-state index is -0.649. The number of phenols is 1. The summed E-state index contributed by atoms with van der Waals surface area (Å²) in [4.78, 5) is 55.3. The molecule has 8 heteroatoms. The first-order valence-electron chi connectivity index (χ1n) is 11.6. The highest BCUT2D eigenvalue weighted by atomic mass is 16.5. The number of likely N-dealkylation sites (tertiary alicyclic amines) is 2. The predicted octanol–water partition coefficient (Wildman–Crippen LogP) is 2.08. The van der Waals surface area contributed by atoms with Gasteiger partial charge in [-0.1, -0.05) is 11.6 Å². The molecule has 4 aliphatic rings. The molecule has 2 aliphatic heterocycles. The molecule has 2 aliphatic carbocycles. The van der Waals surface area contributed by atoms with E-state index in [0.29, 0.717) is 30.7 Å². The number of aromatic hydroxyl groups is 1. The Bertz CT molecular complexity index is 1090. The largest absolute Gasteiger partial charge is 0.508 e. The van der Waals surface area contributed by atoms with Gasteiger partial charge in [0.15, 0.2) is 0 Å². The molecule has 5 rings (SSSR count). The van der Waals surface area contributed by atoms with E-state index in [2.05, 4.69) is 0 Å². The van der Waals surface area contributed by atoms with Gasteiger partial charge < -0.3 is 9.84 Å². The summed E-state index contributed by atoms with van der Waals surface area (Å²) in [7, 11) is 1.53. The fourth-order valence-electron chi connectivity index (χ4n) is 6.60. The van der Waals surface area contributed by atoms with Crippen LogP contribution >= 0.6 is 0 Å². The molecule has 1 saturated carbocycles. The molecule has 1 N–H and O–H groups in total. The summed E-state index contributed by atoms with van der Waals surface area (Å²) in [6, 6.07) is 4.87. The fourth-order valence-corrected chi connectivity index (χ4v) is 6.60. The molecule has 8 nitrogen and oxygen atoms in total. The summed E-state index contributed by atoms with van der Waals surface area (Å²) in [5.74, 6) is -3.38. The molecule has 1 aromatic carbocycles. The Balaban J connectivity index is 1.67. The summed E-state index contributed by atoms with van der Waals surface area (Å²) in [5.41, 5.74) is 1.39. The van der Waals surface area contributed by atoms with E-state index in [-0.39, 0.29) is 41.8 Å². The Hall–Kier alpha value is -3.16. The van der Waals surface area contributed by atoms with Crippen LogP contribution in [0.15, 0.2) is 29.8 Å². The third-order valence-electron chi connectivity index (χ3n) is 8.03. The second-order valence-corrected chi connectivity index (χ2v) is 9.29. The predicted molar refractivity (Wildman–Crippen MR) is 117 cm³/mol. The number of carbonyl (C=O) groups excluding carboxylic acids is 4. The molecule has 2 heterocycles. The van der Waals surface area contributed by atoms with E-state index in [1.807, 2.05) is 6.08 Å². The Morgan fingerprint density at radius 2 is 1.55 bits per heavy atom. The quantitative estimate of drug-likeness (QED) is 0.554. The first kappa shape index (κ1) is 21.7. The van der Waals surface area contributed by atoms with Crippen molar-refractivity contribution in [1.29, 1.82) is 0 Å². The van der Waals surface area contributed by atoms with Crippen LogP contribution in [0.2, 0.25) is 0 Å². The molecular weight excluding hydrogens is 424 g/mol. The molecule has 0 aromatic heterocycles. The number of allylic oxidation sites excluding steroid dienone is 2. The summed E-state index contributed by atoms with van der Waals surface area (Å²) < 4.78 is 5.37. The molecular formula is C25H28N2O6. The van der Waals surface area contributed by atoms with Crippen molar-refractivity contribution < 1.29 is 29.0 Å². The van der Waals surface area contributed by atoms with Gasteiger partial charge in [0, 0.05) is 24.6 Å². The number of hydrogen-bond donors (Lipinski definition) is 1. The minimum absolute atomic E-state index is 0.0161. The number of hydrogen-bond acceptors (Lipinski definition) is 6. The van der Waals surface area contributed by atoms with E-state index in [9.17, 15) is 24.3 Å². The number of benzene rings is 1. The molecule has 4 amide bonds. The fraction of sp³-hybridized carbons (Fsp3) is 0.520. The van der Waals surface area contributed by atoms with Crippen LogP contribution in [0, 0.1) is 29.6 Å². The lowest BCUT2D eigenvalue weighted by molar-refractivity contribution is -0.141. The highest BCUT2D eigenvalue weighted by Crippen LogP contribution is 2.58. The van der Waals surface area contributed by atoms with Crippen LogP contribution in [-0.4, -0.2) is 58.7 Å². The zero-order chi connectivity index (χ0) is 23.6. The molecule has 33 heavy (non-hydrogen) atoms. The Kier molecular flexibility index (Phi) is 5.06. The first-order chi connectivity index (χ1) is 15.8. The van der Waals surface area contributed by atoms with Gasteiger partial charge in [-0.15, -0.1) is 0 Å². The number of amides is 4. The molecule has 6 atom stereocenters. The maximum atomic E-state index is 13.4. The second kappa shape index (κ2) is 7.71. The van der Waals surface area contributed by atoms with E-state index in [0.717, 1.165) is 5.57 Å². The van der Waals surface area contributed by atoms with Crippen molar-refractivity contribution in [1.82, 2.24) is 9.80 Å². The van der Waals surface area contributed by atoms with Gasteiger partial charge in [-0.25, -0.2) is 0 Å². The Labute approximate surface area is 192 Å². The summed E-state index contributed by atoms with van der Waals surface area (Å²) >= 11 is 0. The van der Waals surface area contributed by atoms with Crippen LogP contribution in [0.5, 0.6) is 11.5 Å². The van der Waals surface area contributed by atoms with Crippen molar-refractivity contribution in [2.75, 3.05) is 20.2 Å². The van der Waals surface area contributed by atoms with Gasteiger partial charge >= 0.3 is 0 Å². The molecule has 174 valence electrons. The lowest BCUT2D eigenvalue weighted by Gasteiger charge is -2.44. The number of methoxy groups -OCH3 is 1. The Morgan fingerprint density at radius 1 is 0.909 bits per heavy atom. The molecule has 2 saturated heterocycles. The Morgan fingerprint density at radius 3 is 2.18 bits per heavy atom. The van der Waals surface area contributed by atoms with E-state index >= 15 is 0 Å². The summed E-state index contributed by atoms with van der Waals surface area (Å²) in [6.07, 6.45) is 2.74. The minimum Gasteiger partial charge on any atom is -0.508 e. The lowest BCUT2D eigenvalue weighted by Crippen LogP contribution is -2.43. The normalized spacial score (nSPS) is 33.1. The van der Waals surface area contributed by atoms with E-state index in [1.165, 1.54) is 23.0 Å². The van der Waals surface area contributed by atoms with Crippen LogP contribution in [0.4, 0.5) is 0 Å². The van der Waals surface area contributed by atoms with Crippen LogP contribution in [0.25, 0.3) is 0 Å². The molecule has 1 aromatic rings. The van der Waals surface area contributed by atoms with Crippen LogP contribution in [0.1, 0.15) is 38.2 Å². The van der Waals surface area contributed by atoms with Crippen LogP contribution in [0.3, 0.4) is 0 Å². The van der Waals surface area contributed by atoms with Gasteiger partial charge in [-0.3, -0.25) is 29.0 Å². The topological polar surface area (TPSA) is 104 Å². The van der Waals surface area contributed by atoms with E-state index < -0.39 is 29.6 Å². The molecule has 0 unspecified atom stereocenters. The number of nitrogens with zero attached hydrogens (tertiary/aromatic N) is 2. The van der Waals surface area contributed by atoms with Crippen molar-refractivity contribution in [2.45, 2.75) is 32.6 Å². The maximum Gasteiger partial charge on any atom is 0.234 e. The van der Waals surface area contributed by atoms with Gasteiger partial charge in [0.25, 0.3) is 0 Å². The molecule has 0 spiro atoms. The van der Waals surface area contributed by atoms with Crippen LogP contribution in [-0.2, 0) is 19.2 Å². The number of rotatable bonds is 4. The lowest BCUT2D eigenvalue weighted by atomic mass is 9.57. The van der Waals surface area contributed by atoms with Gasteiger partial charge in [0.2, 0.25) is 23.6 Å². The average Bonchev–Trinajstić information content (AvgIpc) is 3.21. The number of ether oxygens (including phenoxy) is 1. The maximum absolute atomic E-state index is 13.4. The molecule has 0 bridgehead atoms. The van der Waals surface area contributed by atoms with Crippen molar-refractivity contribution >= 4 is 23.6 Å². The second-order valence-electron chi connectivity index (χ2n) is 9.29. The standard InChI is InChI=1S/C25H28N2O6/c1-4-26-22(29)14-8-7-13-15(20(14)24(26)31)11-17-21(25(32)27(5-2)23(17)30)19(13)16-10-12(33-3)6-9-18(16)28/h6-7,9-10,14-15,17,19-21,28H,4-5,8,11H2,1-3H3/t14-,15+,17+,19+,20-,21+/m0/s1. The highest BCUT2D eigenvalue weighted by molar-refractivity contribution is 6.08. The SMILES string of the molecule is CCN1C(=O)[C@H]2[C@H](CC=C3[C@H]2C[C@H]2C(=O)N(CC)C(=O)[C@H]2[C@H]3c2cc(OC)ccc2O)C1=O. The molecule has 0 radical (unpaired) electrons.